The van der Waals surface area contributed by atoms with Gasteiger partial charge in [-0.3, -0.25) is 0 Å². The fraction of sp³-hybridized carbons (Fsp3) is 0.333. The van der Waals surface area contributed by atoms with Gasteiger partial charge in [0.2, 0.25) is 0 Å². The molecular weight excluding hydrogens is 285 g/mol. The van der Waals surface area contributed by atoms with Gasteiger partial charge >= 0.3 is 0 Å². The number of halogens is 2. The Bertz CT molecular complexity index is 573. The van der Waals surface area contributed by atoms with Crippen LogP contribution >= 0.6 is 11.6 Å². The second-order valence-corrected chi connectivity index (χ2v) is 5.83. The Kier molecular flexibility index (Phi) is 5.38. The lowest BCUT2D eigenvalue weighted by atomic mass is 9.92. The molecule has 112 valence electrons. The predicted octanol–water partition coefficient (Wildman–Crippen LogP) is 5.18. The van der Waals surface area contributed by atoms with E-state index in [0.29, 0.717) is 0 Å². The average Bonchev–Trinajstić information content (AvgIpc) is 2.42. The summed E-state index contributed by atoms with van der Waals surface area (Å²) in [6.45, 7) is 7.05. The Morgan fingerprint density at radius 1 is 1.05 bits per heavy atom. The highest BCUT2D eigenvalue weighted by molar-refractivity contribution is 6.30. The third-order valence-electron chi connectivity index (χ3n) is 3.68. The van der Waals surface area contributed by atoms with E-state index in [9.17, 15) is 4.39 Å². The molecular formula is C18H21ClFN. The van der Waals surface area contributed by atoms with Gasteiger partial charge in [0, 0.05) is 5.02 Å². The third kappa shape index (κ3) is 3.84. The zero-order valence-corrected chi connectivity index (χ0v) is 13.5. The molecule has 2 rings (SSSR count). The van der Waals surface area contributed by atoms with E-state index in [0.717, 1.165) is 34.7 Å². The van der Waals surface area contributed by atoms with Crippen molar-refractivity contribution in [2.75, 3.05) is 6.54 Å². The van der Waals surface area contributed by atoms with Crippen molar-refractivity contribution in [2.45, 2.75) is 33.2 Å². The third-order valence-corrected chi connectivity index (χ3v) is 3.92. The first-order valence-electron chi connectivity index (χ1n) is 7.28. The van der Waals surface area contributed by atoms with E-state index in [1.807, 2.05) is 31.2 Å². The van der Waals surface area contributed by atoms with Crippen LogP contribution in [0.4, 0.5) is 4.39 Å². The van der Waals surface area contributed by atoms with Crippen molar-refractivity contribution in [3.05, 3.63) is 69.5 Å². The van der Waals surface area contributed by atoms with Crippen molar-refractivity contribution in [1.29, 1.82) is 0 Å². The van der Waals surface area contributed by atoms with Gasteiger partial charge in [-0.05, 0) is 73.3 Å². The van der Waals surface area contributed by atoms with E-state index in [-0.39, 0.29) is 11.9 Å². The fourth-order valence-corrected chi connectivity index (χ4v) is 2.83. The van der Waals surface area contributed by atoms with Crippen LogP contribution in [0.15, 0.2) is 36.4 Å². The van der Waals surface area contributed by atoms with Crippen LogP contribution in [0.3, 0.4) is 0 Å². The maximum absolute atomic E-state index is 13.4. The van der Waals surface area contributed by atoms with Crippen molar-refractivity contribution in [3.63, 3.8) is 0 Å². The maximum Gasteiger partial charge on any atom is 0.123 e. The summed E-state index contributed by atoms with van der Waals surface area (Å²) in [6, 6.07) is 11.0. The quantitative estimate of drug-likeness (QED) is 0.802. The smallest absolute Gasteiger partial charge is 0.123 e. The standard InChI is InChI=1S/C18H21ClFN/c1-4-9-21-18(16-7-5-14(19)10-12(16)2)17-8-6-15(20)11-13(17)3/h5-8,10-11,18,21H,4,9H2,1-3H3. The lowest BCUT2D eigenvalue weighted by Crippen LogP contribution is -2.24. The minimum absolute atomic E-state index is 0.0582. The predicted molar refractivity (Wildman–Crippen MR) is 87.5 cm³/mol. The molecule has 0 aliphatic carbocycles. The van der Waals surface area contributed by atoms with Crippen LogP contribution < -0.4 is 5.32 Å². The number of benzene rings is 2. The van der Waals surface area contributed by atoms with E-state index < -0.39 is 0 Å². The normalized spacial score (nSPS) is 12.4. The molecule has 0 radical (unpaired) electrons. The highest BCUT2D eigenvalue weighted by Gasteiger charge is 2.17. The first-order chi connectivity index (χ1) is 10.0. The molecule has 0 fully saturated rings. The van der Waals surface area contributed by atoms with E-state index in [1.54, 1.807) is 6.07 Å². The van der Waals surface area contributed by atoms with Crippen molar-refractivity contribution >= 4 is 11.6 Å². The van der Waals surface area contributed by atoms with Crippen LogP contribution in [0, 0.1) is 19.7 Å². The Labute approximate surface area is 131 Å². The first-order valence-corrected chi connectivity index (χ1v) is 7.66. The minimum Gasteiger partial charge on any atom is -0.306 e. The first kappa shape index (κ1) is 16.0. The molecule has 3 heteroatoms. The topological polar surface area (TPSA) is 12.0 Å². The number of nitrogens with one attached hydrogen (secondary N) is 1. The van der Waals surface area contributed by atoms with Gasteiger partial charge in [0.05, 0.1) is 6.04 Å². The Balaban J connectivity index is 2.46. The number of aryl methyl sites for hydroxylation is 2. The monoisotopic (exact) mass is 305 g/mol. The molecule has 1 nitrogen and oxygen atoms in total. The lowest BCUT2D eigenvalue weighted by Gasteiger charge is -2.23. The molecule has 0 aliphatic rings. The zero-order chi connectivity index (χ0) is 15.4. The molecule has 0 spiro atoms. The van der Waals surface area contributed by atoms with Gasteiger partial charge in [0.15, 0.2) is 0 Å². The molecule has 0 aromatic heterocycles. The summed E-state index contributed by atoms with van der Waals surface area (Å²) < 4.78 is 13.4. The zero-order valence-electron chi connectivity index (χ0n) is 12.7. The summed E-state index contributed by atoms with van der Waals surface area (Å²) in [5.74, 6) is -0.196. The van der Waals surface area contributed by atoms with Gasteiger partial charge in [-0.2, -0.15) is 0 Å². The largest absolute Gasteiger partial charge is 0.306 e. The van der Waals surface area contributed by atoms with Crippen molar-refractivity contribution < 1.29 is 4.39 Å². The molecule has 0 heterocycles. The Morgan fingerprint density at radius 3 is 2.24 bits per heavy atom. The molecule has 2 aromatic carbocycles. The lowest BCUT2D eigenvalue weighted by molar-refractivity contribution is 0.588. The van der Waals surface area contributed by atoms with Gasteiger partial charge in [-0.25, -0.2) is 4.39 Å². The molecule has 2 aromatic rings. The number of rotatable bonds is 5. The van der Waals surface area contributed by atoms with Crippen LogP contribution in [-0.4, -0.2) is 6.54 Å². The van der Waals surface area contributed by atoms with Gasteiger partial charge < -0.3 is 5.32 Å². The SMILES string of the molecule is CCCNC(c1ccc(F)cc1C)c1ccc(Cl)cc1C. The summed E-state index contributed by atoms with van der Waals surface area (Å²) in [7, 11) is 0. The molecule has 0 amide bonds. The average molecular weight is 306 g/mol. The molecule has 0 saturated heterocycles. The van der Waals surface area contributed by atoms with Gasteiger partial charge in [0.1, 0.15) is 5.82 Å². The van der Waals surface area contributed by atoms with Gasteiger partial charge in [-0.15, -0.1) is 0 Å². The number of hydrogen-bond donors (Lipinski definition) is 1. The van der Waals surface area contributed by atoms with E-state index in [4.69, 9.17) is 11.6 Å². The van der Waals surface area contributed by atoms with Crippen molar-refractivity contribution in [1.82, 2.24) is 5.32 Å². The van der Waals surface area contributed by atoms with Crippen molar-refractivity contribution in [2.24, 2.45) is 0 Å². The van der Waals surface area contributed by atoms with Gasteiger partial charge in [0.25, 0.3) is 0 Å². The molecule has 0 bridgehead atoms. The number of hydrogen-bond acceptors (Lipinski definition) is 1. The highest BCUT2D eigenvalue weighted by atomic mass is 35.5. The second-order valence-electron chi connectivity index (χ2n) is 5.39. The van der Waals surface area contributed by atoms with Crippen LogP contribution in [0.1, 0.15) is 41.6 Å². The van der Waals surface area contributed by atoms with E-state index in [2.05, 4.69) is 19.2 Å². The minimum atomic E-state index is -0.196. The maximum atomic E-state index is 13.4. The summed E-state index contributed by atoms with van der Waals surface area (Å²) in [6.07, 6.45) is 1.05. The van der Waals surface area contributed by atoms with E-state index >= 15 is 0 Å². The fourth-order valence-electron chi connectivity index (χ4n) is 2.60. The van der Waals surface area contributed by atoms with E-state index in [1.165, 1.54) is 11.6 Å². The molecule has 0 saturated carbocycles. The molecule has 1 N–H and O–H groups in total. The van der Waals surface area contributed by atoms with Crippen molar-refractivity contribution in [3.8, 4) is 0 Å². The molecule has 0 aliphatic heterocycles. The molecule has 1 atom stereocenters. The van der Waals surface area contributed by atoms with Crippen LogP contribution in [0.25, 0.3) is 0 Å². The molecule has 1 unspecified atom stereocenters. The molecule has 21 heavy (non-hydrogen) atoms. The van der Waals surface area contributed by atoms with Crippen LogP contribution in [-0.2, 0) is 0 Å². The van der Waals surface area contributed by atoms with Crippen LogP contribution in [0.2, 0.25) is 5.02 Å². The summed E-state index contributed by atoms with van der Waals surface area (Å²) in [5.41, 5.74) is 4.38. The van der Waals surface area contributed by atoms with Gasteiger partial charge in [-0.1, -0.05) is 30.7 Å². The Hall–Kier alpha value is -1.38. The second kappa shape index (κ2) is 7.06. The summed E-state index contributed by atoms with van der Waals surface area (Å²) in [4.78, 5) is 0. The summed E-state index contributed by atoms with van der Waals surface area (Å²) in [5, 5.41) is 4.29. The Morgan fingerprint density at radius 2 is 1.67 bits per heavy atom. The summed E-state index contributed by atoms with van der Waals surface area (Å²) >= 11 is 6.05. The highest BCUT2D eigenvalue weighted by Crippen LogP contribution is 2.29. The van der Waals surface area contributed by atoms with Crippen LogP contribution in [0.5, 0.6) is 0 Å².